The van der Waals surface area contributed by atoms with E-state index in [2.05, 4.69) is 5.10 Å². The van der Waals surface area contributed by atoms with Crippen LogP contribution in [0.2, 0.25) is 0 Å². The smallest absolute Gasteiger partial charge is 0.0826 e. The Kier molecular flexibility index (Phi) is 3.33. The van der Waals surface area contributed by atoms with Crippen LogP contribution < -0.4 is 0 Å². The summed E-state index contributed by atoms with van der Waals surface area (Å²) in [4.78, 5) is 0. The molecule has 1 saturated carbocycles. The number of aromatic nitrogens is 2. The Morgan fingerprint density at radius 3 is 3.00 bits per heavy atom. The molecular formula is C15H20N2O. The van der Waals surface area contributed by atoms with Crippen molar-refractivity contribution in [2.24, 2.45) is 5.92 Å². The van der Waals surface area contributed by atoms with E-state index in [4.69, 9.17) is 0 Å². The van der Waals surface area contributed by atoms with Gasteiger partial charge in [-0.2, -0.15) is 5.10 Å². The Bertz CT molecular complexity index is 514. The molecule has 0 bridgehead atoms. The van der Waals surface area contributed by atoms with Crippen molar-refractivity contribution in [2.75, 3.05) is 0 Å². The van der Waals surface area contributed by atoms with Gasteiger partial charge in [-0.3, -0.25) is 0 Å². The third kappa shape index (κ3) is 2.27. The number of aliphatic hydroxyl groups excluding tert-OH is 1. The van der Waals surface area contributed by atoms with Gasteiger partial charge in [0.1, 0.15) is 0 Å². The predicted octanol–water partition coefficient (Wildman–Crippen LogP) is 3.34. The summed E-state index contributed by atoms with van der Waals surface area (Å²) in [7, 11) is 0. The second-order valence-corrected chi connectivity index (χ2v) is 5.37. The molecule has 3 rings (SSSR count). The summed E-state index contributed by atoms with van der Waals surface area (Å²) in [5.41, 5.74) is 1.99. The minimum Gasteiger partial charge on any atom is -0.388 e. The van der Waals surface area contributed by atoms with E-state index < -0.39 is 0 Å². The first-order chi connectivity index (χ1) is 8.84. The minimum absolute atomic E-state index is 0.370. The van der Waals surface area contributed by atoms with E-state index in [1.54, 1.807) is 6.20 Å². The van der Waals surface area contributed by atoms with Gasteiger partial charge in [0.2, 0.25) is 0 Å². The van der Waals surface area contributed by atoms with Crippen molar-refractivity contribution in [3.8, 4) is 0 Å². The lowest BCUT2D eigenvalue weighted by Gasteiger charge is -2.13. The zero-order chi connectivity index (χ0) is 12.4. The summed E-state index contributed by atoms with van der Waals surface area (Å²) < 4.78 is 1.83. The van der Waals surface area contributed by atoms with E-state index in [9.17, 15) is 5.11 Å². The Balaban J connectivity index is 1.69. The van der Waals surface area contributed by atoms with E-state index in [0.717, 1.165) is 29.8 Å². The zero-order valence-corrected chi connectivity index (χ0v) is 10.6. The topological polar surface area (TPSA) is 37.5 Å². The van der Waals surface area contributed by atoms with Crippen molar-refractivity contribution in [3.05, 3.63) is 36.2 Å². The quantitative estimate of drug-likeness (QED) is 0.895. The van der Waals surface area contributed by atoms with Crippen LogP contribution in [-0.4, -0.2) is 14.7 Å². The normalized spacial score (nSPS) is 18.5. The summed E-state index contributed by atoms with van der Waals surface area (Å²) in [5.74, 6) is 0.835. The molecule has 0 amide bonds. The molecule has 2 aromatic rings. The van der Waals surface area contributed by atoms with Gasteiger partial charge in [-0.25, -0.2) is 4.52 Å². The molecule has 0 radical (unpaired) electrons. The number of hydrogen-bond acceptors (Lipinski definition) is 2. The van der Waals surface area contributed by atoms with Crippen LogP contribution in [0.25, 0.3) is 5.52 Å². The molecule has 1 N–H and O–H groups in total. The molecule has 0 aromatic carbocycles. The molecule has 2 heterocycles. The maximum absolute atomic E-state index is 10.3. The lowest BCUT2D eigenvalue weighted by atomic mass is 9.97. The SMILES string of the molecule is OC(CCC1CCCC1)c1cnn2ccccc12. The van der Waals surface area contributed by atoms with Gasteiger partial charge < -0.3 is 5.11 Å². The number of rotatable bonds is 4. The standard InChI is InChI=1S/C15H20N2O/c18-15(9-8-12-5-1-2-6-12)13-11-16-17-10-4-3-7-14(13)17/h3-4,7,10-12,15,18H,1-2,5-6,8-9H2. The predicted molar refractivity (Wildman–Crippen MR) is 71.3 cm³/mol. The monoisotopic (exact) mass is 244 g/mol. The van der Waals surface area contributed by atoms with Crippen LogP contribution in [0.5, 0.6) is 0 Å². The maximum Gasteiger partial charge on any atom is 0.0826 e. The summed E-state index contributed by atoms with van der Waals surface area (Å²) >= 11 is 0. The fourth-order valence-electron chi connectivity index (χ4n) is 3.06. The molecule has 3 nitrogen and oxygen atoms in total. The van der Waals surface area contributed by atoms with E-state index in [1.807, 2.05) is 28.9 Å². The van der Waals surface area contributed by atoms with Crippen molar-refractivity contribution in [1.29, 1.82) is 0 Å². The van der Waals surface area contributed by atoms with Crippen LogP contribution in [0.3, 0.4) is 0 Å². The Morgan fingerprint density at radius 2 is 2.17 bits per heavy atom. The van der Waals surface area contributed by atoms with Gasteiger partial charge in [0, 0.05) is 11.8 Å². The fraction of sp³-hybridized carbons (Fsp3) is 0.533. The van der Waals surface area contributed by atoms with Crippen molar-refractivity contribution >= 4 is 5.52 Å². The van der Waals surface area contributed by atoms with Crippen LogP contribution >= 0.6 is 0 Å². The third-order valence-corrected chi connectivity index (χ3v) is 4.14. The molecule has 1 aliphatic carbocycles. The summed E-state index contributed by atoms with van der Waals surface area (Å²) in [6.45, 7) is 0. The molecule has 1 atom stereocenters. The summed E-state index contributed by atoms with van der Waals surface area (Å²) in [6.07, 6.45) is 10.8. The highest BCUT2D eigenvalue weighted by Crippen LogP contribution is 2.32. The molecule has 1 fully saturated rings. The van der Waals surface area contributed by atoms with Crippen LogP contribution in [0.4, 0.5) is 0 Å². The van der Waals surface area contributed by atoms with Gasteiger partial charge in [0.25, 0.3) is 0 Å². The van der Waals surface area contributed by atoms with Crippen molar-refractivity contribution in [1.82, 2.24) is 9.61 Å². The molecule has 2 aromatic heterocycles. The molecule has 1 unspecified atom stereocenters. The number of hydrogen-bond donors (Lipinski definition) is 1. The van der Waals surface area contributed by atoms with Gasteiger partial charge in [-0.15, -0.1) is 0 Å². The second-order valence-electron chi connectivity index (χ2n) is 5.37. The average molecular weight is 244 g/mol. The van der Waals surface area contributed by atoms with E-state index in [0.29, 0.717) is 0 Å². The number of nitrogens with zero attached hydrogens (tertiary/aromatic N) is 2. The van der Waals surface area contributed by atoms with E-state index in [-0.39, 0.29) is 6.10 Å². The van der Waals surface area contributed by atoms with Crippen molar-refractivity contribution in [3.63, 3.8) is 0 Å². The lowest BCUT2D eigenvalue weighted by molar-refractivity contribution is 0.158. The van der Waals surface area contributed by atoms with Gasteiger partial charge in [0.05, 0.1) is 17.8 Å². The van der Waals surface area contributed by atoms with Crippen LogP contribution in [-0.2, 0) is 0 Å². The first kappa shape index (κ1) is 11.7. The number of fused-ring (bicyclic) bond motifs is 1. The lowest BCUT2D eigenvalue weighted by Crippen LogP contribution is -2.01. The molecule has 96 valence electrons. The van der Waals surface area contributed by atoms with Gasteiger partial charge >= 0.3 is 0 Å². The summed E-state index contributed by atoms with van der Waals surface area (Å²) in [5, 5.41) is 14.6. The highest BCUT2D eigenvalue weighted by molar-refractivity contribution is 5.54. The van der Waals surface area contributed by atoms with Crippen molar-refractivity contribution < 1.29 is 5.11 Å². The van der Waals surface area contributed by atoms with Gasteiger partial charge in [-0.1, -0.05) is 31.7 Å². The molecular weight excluding hydrogens is 224 g/mol. The number of aliphatic hydroxyl groups is 1. The average Bonchev–Trinajstić information content (AvgIpc) is 3.05. The largest absolute Gasteiger partial charge is 0.388 e. The third-order valence-electron chi connectivity index (χ3n) is 4.14. The molecule has 0 aliphatic heterocycles. The first-order valence-corrected chi connectivity index (χ1v) is 6.95. The van der Waals surface area contributed by atoms with Crippen LogP contribution in [0.1, 0.15) is 50.2 Å². The first-order valence-electron chi connectivity index (χ1n) is 6.95. The molecule has 18 heavy (non-hydrogen) atoms. The molecule has 3 heteroatoms. The zero-order valence-electron chi connectivity index (χ0n) is 10.6. The Hall–Kier alpha value is -1.35. The van der Waals surface area contributed by atoms with E-state index >= 15 is 0 Å². The van der Waals surface area contributed by atoms with Crippen LogP contribution in [0.15, 0.2) is 30.6 Å². The molecule has 0 saturated heterocycles. The highest BCUT2D eigenvalue weighted by atomic mass is 16.3. The minimum atomic E-state index is -0.370. The van der Waals surface area contributed by atoms with Gasteiger partial charge in [0.15, 0.2) is 0 Å². The van der Waals surface area contributed by atoms with Crippen LogP contribution in [0, 0.1) is 5.92 Å². The van der Waals surface area contributed by atoms with E-state index in [1.165, 1.54) is 25.7 Å². The maximum atomic E-state index is 10.3. The second kappa shape index (κ2) is 5.11. The summed E-state index contributed by atoms with van der Waals surface area (Å²) in [6, 6.07) is 5.96. The molecule has 0 spiro atoms. The van der Waals surface area contributed by atoms with Crippen molar-refractivity contribution in [2.45, 2.75) is 44.6 Å². The molecule has 1 aliphatic rings. The number of pyridine rings is 1. The highest BCUT2D eigenvalue weighted by Gasteiger charge is 2.18. The van der Waals surface area contributed by atoms with Gasteiger partial charge in [-0.05, 0) is 30.9 Å². The Labute approximate surface area is 107 Å². The Morgan fingerprint density at radius 1 is 1.33 bits per heavy atom. The fourth-order valence-corrected chi connectivity index (χ4v) is 3.06.